The Kier molecular flexibility index (Phi) is 4.04. The van der Waals surface area contributed by atoms with Gasteiger partial charge in [-0.15, -0.1) is 0 Å². The van der Waals surface area contributed by atoms with Crippen molar-refractivity contribution >= 4 is 0 Å². The second-order valence-electron chi connectivity index (χ2n) is 5.49. The zero-order chi connectivity index (χ0) is 10.7. The lowest BCUT2D eigenvalue weighted by Crippen LogP contribution is -2.49. The average molecular weight is 210 g/mol. The van der Waals surface area contributed by atoms with Crippen molar-refractivity contribution in [3.8, 4) is 0 Å². The fourth-order valence-electron chi connectivity index (χ4n) is 3.16. The van der Waals surface area contributed by atoms with Gasteiger partial charge in [0, 0.05) is 18.6 Å². The van der Waals surface area contributed by atoms with E-state index in [-0.39, 0.29) is 0 Å². The molecule has 0 N–H and O–H groups in total. The molecule has 0 radical (unpaired) electrons. The first-order chi connectivity index (χ1) is 7.27. The molecule has 1 atom stereocenters. The van der Waals surface area contributed by atoms with Crippen LogP contribution in [-0.2, 0) is 0 Å². The Morgan fingerprint density at radius 2 is 1.67 bits per heavy atom. The highest BCUT2D eigenvalue weighted by atomic mass is 15.2. The van der Waals surface area contributed by atoms with Crippen molar-refractivity contribution in [1.29, 1.82) is 0 Å². The third kappa shape index (κ3) is 2.94. The normalized spacial score (nSPS) is 30.2. The van der Waals surface area contributed by atoms with Gasteiger partial charge >= 0.3 is 0 Å². The molecule has 1 unspecified atom stereocenters. The largest absolute Gasteiger partial charge is 0.302 e. The quantitative estimate of drug-likeness (QED) is 0.705. The molecule has 2 heterocycles. The second kappa shape index (κ2) is 5.31. The highest BCUT2D eigenvalue weighted by Crippen LogP contribution is 2.21. The summed E-state index contributed by atoms with van der Waals surface area (Å²) in [5.74, 6) is 0. The van der Waals surface area contributed by atoms with Crippen LogP contribution in [0.3, 0.4) is 0 Å². The first-order valence-corrected chi connectivity index (χ1v) is 6.75. The summed E-state index contributed by atoms with van der Waals surface area (Å²) in [7, 11) is 0. The Bertz CT molecular complexity index is 185. The standard InChI is InChI=1S/C13H26N2/c1-12(2)15-10-4-3-7-13(15)11-14-8-5-6-9-14/h12-13H,3-11H2,1-2H3. The van der Waals surface area contributed by atoms with Crippen molar-refractivity contribution in [3.05, 3.63) is 0 Å². The number of piperidine rings is 1. The van der Waals surface area contributed by atoms with E-state index in [1.807, 2.05) is 0 Å². The Hall–Kier alpha value is -0.0800. The summed E-state index contributed by atoms with van der Waals surface area (Å²) in [5, 5.41) is 0. The Labute approximate surface area is 94.6 Å². The molecule has 88 valence electrons. The lowest BCUT2D eigenvalue weighted by atomic mass is 10.00. The average Bonchev–Trinajstić information content (AvgIpc) is 2.71. The predicted molar refractivity (Wildman–Crippen MR) is 65.2 cm³/mol. The first kappa shape index (κ1) is 11.4. The van der Waals surface area contributed by atoms with Gasteiger partial charge in [-0.25, -0.2) is 0 Å². The topological polar surface area (TPSA) is 6.48 Å². The molecular weight excluding hydrogens is 184 g/mol. The molecule has 0 amide bonds. The number of rotatable bonds is 3. The van der Waals surface area contributed by atoms with Gasteiger partial charge in [-0.2, -0.15) is 0 Å². The van der Waals surface area contributed by atoms with Gasteiger partial charge in [0.25, 0.3) is 0 Å². The van der Waals surface area contributed by atoms with Crippen LogP contribution in [0.1, 0.15) is 46.0 Å². The smallest absolute Gasteiger partial charge is 0.0225 e. The lowest BCUT2D eigenvalue weighted by Gasteiger charge is -2.40. The highest BCUT2D eigenvalue weighted by molar-refractivity contribution is 4.83. The molecule has 2 saturated heterocycles. The third-order valence-corrected chi connectivity index (χ3v) is 4.00. The summed E-state index contributed by atoms with van der Waals surface area (Å²) in [6.45, 7) is 10.1. The van der Waals surface area contributed by atoms with Gasteiger partial charge in [0.05, 0.1) is 0 Å². The summed E-state index contributed by atoms with van der Waals surface area (Å²) in [6.07, 6.45) is 7.13. The maximum atomic E-state index is 2.72. The lowest BCUT2D eigenvalue weighted by molar-refractivity contribution is 0.0847. The summed E-state index contributed by atoms with van der Waals surface area (Å²) >= 11 is 0. The van der Waals surface area contributed by atoms with Gasteiger partial charge in [0.15, 0.2) is 0 Å². The van der Waals surface area contributed by atoms with Crippen LogP contribution in [0.25, 0.3) is 0 Å². The predicted octanol–water partition coefficient (Wildman–Crippen LogP) is 2.35. The molecule has 0 aromatic heterocycles. The number of likely N-dealkylation sites (tertiary alicyclic amines) is 2. The molecule has 0 spiro atoms. The van der Waals surface area contributed by atoms with Gasteiger partial charge in [-0.1, -0.05) is 6.42 Å². The maximum Gasteiger partial charge on any atom is 0.0225 e. The van der Waals surface area contributed by atoms with Crippen LogP contribution in [0.5, 0.6) is 0 Å². The molecule has 2 rings (SSSR count). The molecule has 0 bridgehead atoms. The summed E-state index contributed by atoms with van der Waals surface area (Å²) < 4.78 is 0. The minimum Gasteiger partial charge on any atom is -0.302 e. The van der Waals surface area contributed by atoms with Crippen molar-refractivity contribution in [2.24, 2.45) is 0 Å². The minimum atomic E-state index is 0.734. The van der Waals surface area contributed by atoms with Crippen LogP contribution in [-0.4, -0.2) is 48.1 Å². The van der Waals surface area contributed by atoms with E-state index in [1.165, 1.54) is 58.3 Å². The third-order valence-electron chi connectivity index (χ3n) is 4.00. The van der Waals surface area contributed by atoms with Gasteiger partial charge in [-0.05, 0) is 59.2 Å². The second-order valence-corrected chi connectivity index (χ2v) is 5.49. The molecule has 2 heteroatoms. The van der Waals surface area contributed by atoms with Gasteiger partial charge < -0.3 is 4.90 Å². The van der Waals surface area contributed by atoms with E-state index in [0.717, 1.165) is 12.1 Å². The summed E-state index contributed by atoms with van der Waals surface area (Å²) in [6, 6.07) is 1.58. The van der Waals surface area contributed by atoms with E-state index in [4.69, 9.17) is 0 Å². The van der Waals surface area contributed by atoms with E-state index < -0.39 is 0 Å². The van der Waals surface area contributed by atoms with Crippen LogP contribution in [0, 0.1) is 0 Å². The molecular formula is C13H26N2. The molecule has 2 aliphatic heterocycles. The Morgan fingerprint density at radius 1 is 1.00 bits per heavy atom. The van der Waals surface area contributed by atoms with Gasteiger partial charge in [0.1, 0.15) is 0 Å². The van der Waals surface area contributed by atoms with Crippen LogP contribution in [0.2, 0.25) is 0 Å². The fourth-order valence-corrected chi connectivity index (χ4v) is 3.16. The Balaban J connectivity index is 1.86. The van der Waals surface area contributed by atoms with Crippen LogP contribution in [0.15, 0.2) is 0 Å². The summed E-state index contributed by atoms with van der Waals surface area (Å²) in [5.41, 5.74) is 0. The highest BCUT2D eigenvalue weighted by Gasteiger charge is 2.26. The van der Waals surface area contributed by atoms with Crippen molar-refractivity contribution in [2.45, 2.75) is 58.0 Å². The van der Waals surface area contributed by atoms with E-state index in [0.29, 0.717) is 0 Å². The molecule has 0 aliphatic carbocycles. The van der Waals surface area contributed by atoms with Gasteiger partial charge in [0.2, 0.25) is 0 Å². The van der Waals surface area contributed by atoms with Crippen LogP contribution >= 0.6 is 0 Å². The molecule has 2 fully saturated rings. The number of hydrogen-bond acceptors (Lipinski definition) is 2. The van der Waals surface area contributed by atoms with Crippen LogP contribution < -0.4 is 0 Å². The number of hydrogen-bond donors (Lipinski definition) is 0. The minimum absolute atomic E-state index is 0.734. The van der Waals surface area contributed by atoms with Gasteiger partial charge in [-0.3, -0.25) is 4.90 Å². The summed E-state index contributed by atoms with van der Waals surface area (Å²) in [4.78, 5) is 5.40. The Morgan fingerprint density at radius 3 is 2.33 bits per heavy atom. The van der Waals surface area contributed by atoms with E-state index >= 15 is 0 Å². The molecule has 0 saturated carbocycles. The molecule has 2 aliphatic rings. The molecule has 15 heavy (non-hydrogen) atoms. The zero-order valence-electron chi connectivity index (χ0n) is 10.4. The SMILES string of the molecule is CC(C)N1CCCCC1CN1CCCC1. The zero-order valence-corrected chi connectivity index (χ0v) is 10.4. The molecule has 0 aromatic carbocycles. The monoisotopic (exact) mass is 210 g/mol. The van der Waals surface area contributed by atoms with E-state index in [2.05, 4.69) is 23.6 Å². The maximum absolute atomic E-state index is 2.72. The number of nitrogens with zero attached hydrogens (tertiary/aromatic N) is 2. The molecule has 2 nitrogen and oxygen atoms in total. The van der Waals surface area contributed by atoms with E-state index in [1.54, 1.807) is 0 Å². The molecule has 0 aromatic rings. The van der Waals surface area contributed by atoms with Crippen molar-refractivity contribution in [1.82, 2.24) is 9.80 Å². The van der Waals surface area contributed by atoms with Crippen molar-refractivity contribution in [2.75, 3.05) is 26.2 Å². The fraction of sp³-hybridized carbons (Fsp3) is 1.00. The van der Waals surface area contributed by atoms with Crippen molar-refractivity contribution < 1.29 is 0 Å². The first-order valence-electron chi connectivity index (χ1n) is 6.75. The van der Waals surface area contributed by atoms with Crippen LogP contribution in [0.4, 0.5) is 0 Å². The van der Waals surface area contributed by atoms with E-state index in [9.17, 15) is 0 Å². The van der Waals surface area contributed by atoms with Crippen molar-refractivity contribution in [3.63, 3.8) is 0 Å².